The molecule has 1 aliphatic rings. The molecule has 1 N–H and O–H groups in total. The van der Waals surface area contributed by atoms with Crippen LogP contribution in [0.3, 0.4) is 0 Å². The van der Waals surface area contributed by atoms with Crippen LogP contribution in [0.15, 0.2) is 12.1 Å². The number of rotatable bonds is 3. The lowest BCUT2D eigenvalue weighted by Crippen LogP contribution is -2.37. The van der Waals surface area contributed by atoms with Crippen molar-refractivity contribution in [2.24, 2.45) is 0 Å². The molecular weight excluding hydrogens is 273 g/mol. The van der Waals surface area contributed by atoms with Crippen molar-refractivity contribution in [1.82, 2.24) is 4.90 Å². The van der Waals surface area contributed by atoms with Gasteiger partial charge in [-0.15, -0.1) is 0 Å². The second-order valence-corrected chi connectivity index (χ2v) is 5.45. The average molecular weight is 290 g/mol. The highest BCUT2D eigenvalue weighted by Crippen LogP contribution is 2.33. The molecule has 0 aliphatic carbocycles. The van der Waals surface area contributed by atoms with E-state index in [0.29, 0.717) is 28.9 Å². The van der Waals surface area contributed by atoms with E-state index in [0.717, 1.165) is 24.9 Å². The molecule has 3 nitrogen and oxygen atoms in total. The lowest BCUT2D eigenvalue weighted by atomic mass is 10.1. The first-order valence-corrected chi connectivity index (χ1v) is 6.78. The van der Waals surface area contributed by atoms with Crippen LogP contribution in [-0.4, -0.2) is 36.3 Å². The second-order valence-electron chi connectivity index (χ2n) is 4.61. The Morgan fingerprint density at radius 3 is 2.89 bits per heavy atom. The fourth-order valence-electron chi connectivity index (χ4n) is 2.38. The number of β-amino-alcohol motifs (C(OH)–C–C–N with tert-alkyl or cyclic N) is 1. The molecule has 0 saturated carbocycles. The number of ether oxygens (including phenoxy) is 1. The van der Waals surface area contributed by atoms with Crippen LogP contribution in [-0.2, 0) is 6.54 Å². The number of likely N-dealkylation sites (tertiary alicyclic amines) is 1. The molecule has 1 fully saturated rings. The number of hydrogen-bond donors (Lipinski definition) is 1. The normalized spacial score (nSPS) is 21.0. The summed E-state index contributed by atoms with van der Waals surface area (Å²) in [5.74, 6) is 0.668. The van der Waals surface area contributed by atoms with Crippen LogP contribution < -0.4 is 4.74 Å². The van der Waals surface area contributed by atoms with Crippen LogP contribution in [0, 0.1) is 0 Å². The van der Waals surface area contributed by atoms with Crippen LogP contribution in [0.25, 0.3) is 0 Å². The Morgan fingerprint density at radius 2 is 2.22 bits per heavy atom. The fourth-order valence-corrected chi connectivity index (χ4v) is 2.99. The number of benzene rings is 1. The molecule has 1 atom stereocenters. The summed E-state index contributed by atoms with van der Waals surface area (Å²) in [6, 6.07) is 3.55. The van der Waals surface area contributed by atoms with Gasteiger partial charge in [-0.25, -0.2) is 0 Å². The Labute approximate surface area is 117 Å². The second kappa shape index (κ2) is 6.11. The number of aliphatic hydroxyl groups is 1. The van der Waals surface area contributed by atoms with Gasteiger partial charge in [0.05, 0.1) is 18.2 Å². The van der Waals surface area contributed by atoms with Crippen LogP contribution in [0.1, 0.15) is 18.4 Å². The van der Waals surface area contributed by atoms with Gasteiger partial charge in [-0.1, -0.05) is 23.2 Å². The van der Waals surface area contributed by atoms with Gasteiger partial charge in [-0.3, -0.25) is 4.90 Å². The molecular formula is C13H17Cl2NO2. The lowest BCUT2D eigenvalue weighted by molar-refractivity contribution is 0.0664. The first-order chi connectivity index (χ1) is 8.60. The van der Waals surface area contributed by atoms with Gasteiger partial charge >= 0.3 is 0 Å². The van der Waals surface area contributed by atoms with Crippen molar-refractivity contribution in [2.45, 2.75) is 25.5 Å². The average Bonchev–Trinajstić information content (AvgIpc) is 2.28. The van der Waals surface area contributed by atoms with Crippen LogP contribution in [0.5, 0.6) is 5.75 Å². The maximum absolute atomic E-state index is 9.67. The zero-order chi connectivity index (χ0) is 13.1. The van der Waals surface area contributed by atoms with Crippen LogP contribution >= 0.6 is 23.2 Å². The predicted molar refractivity (Wildman–Crippen MR) is 73.5 cm³/mol. The van der Waals surface area contributed by atoms with E-state index in [4.69, 9.17) is 27.9 Å². The van der Waals surface area contributed by atoms with Gasteiger partial charge in [0.25, 0.3) is 0 Å². The van der Waals surface area contributed by atoms with Gasteiger partial charge in [0.2, 0.25) is 0 Å². The number of methoxy groups -OCH3 is 1. The number of piperidine rings is 1. The Bertz CT molecular complexity index is 426. The van der Waals surface area contributed by atoms with Crippen molar-refractivity contribution >= 4 is 23.2 Å². The minimum Gasteiger partial charge on any atom is -0.495 e. The summed E-state index contributed by atoms with van der Waals surface area (Å²) < 4.78 is 5.32. The molecule has 1 aromatic rings. The van der Waals surface area contributed by atoms with E-state index in [1.165, 1.54) is 0 Å². The third-order valence-electron chi connectivity index (χ3n) is 3.16. The Hall–Kier alpha value is -0.480. The summed E-state index contributed by atoms with van der Waals surface area (Å²) in [7, 11) is 1.60. The van der Waals surface area contributed by atoms with Gasteiger partial charge < -0.3 is 9.84 Å². The Morgan fingerprint density at radius 1 is 1.44 bits per heavy atom. The third kappa shape index (κ3) is 3.29. The smallest absolute Gasteiger partial charge is 0.142 e. The van der Waals surface area contributed by atoms with Crippen molar-refractivity contribution in [3.8, 4) is 5.75 Å². The molecule has 0 amide bonds. The zero-order valence-corrected chi connectivity index (χ0v) is 11.8. The molecule has 2 rings (SSSR count). The minimum atomic E-state index is -0.237. The standard InChI is InChI=1S/C13H17Cl2NO2/c1-18-13-9(5-10(14)6-12(13)15)7-16-4-2-3-11(17)8-16/h5-6,11,17H,2-4,7-8H2,1H3. The monoisotopic (exact) mass is 289 g/mol. The number of nitrogens with zero attached hydrogens (tertiary/aromatic N) is 1. The van der Waals surface area contributed by atoms with Crippen molar-refractivity contribution in [3.63, 3.8) is 0 Å². The Balaban J connectivity index is 2.17. The maximum atomic E-state index is 9.67. The molecule has 18 heavy (non-hydrogen) atoms. The molecule has 1 aliphatic heterocycles. The van der Waals surface area contributed by atoms with Crippen LogP contribution in [0.4, 0.5) is 0 Å². The first kappa shape index (κ1) is 13.9. The highest BCUT2D eigenvalue weighted by atomic mass is 35.5. The van der Waals surface area contributed by atoms with Gasteiger partial charge in [0.15, 0.2) is 0 Å². The van der Waals surface area contributed by atoms with E-state index >= 15 is 0 Å². The summed E-state index contributed by atoms with van der Waals surface area (Å²) in [6.07, 6.45) is 1.65. The topological polar surface area (TPSA) is 32.7 Å². The summed E-state index contributed by atoms with van der Waals surface area (Å²) in [4.78, 5) is 2.19. The van der Waals surface area contributed by atoms with Crippen molar-refractivity contribution in [1.29, 1.82) is 0 Å². The first-order valence-electron chi connectivity index (χ1n) is 6.02. The van der Waals surface area contributed by atoms with Crippen molar-refractivity contribution in [2.75, 3.05) is 20.2 Å². The highest BCUT2D eigenvalue weighted by Gasteiger charge is 2.20. The fraction of sp³-hybridized carbons (Fsp3) is 0.538. The van der Waals surface area contributed by atoms with Gasteiger partial charge in [-0.2, -0.15) is 0 Å². The number of aliphatic hydroxyl groups excluding tert-OH is 1. The van der Waals surface area contributed by atoms with Crippen molar-refractivity contribution in [3.05, 3.63) is 27.7 Å². The van der Waals surface area contributed by atoms with E-state index in [2.05, 4.69) is 4.90 Å². The molecule has 1 saturated heterocycles. The van der Waals surface area contributed by atoms with Gasteiger partial charge in [0, 0.05) is 23.7 Å². The molecule has 0 bridgehead atoms. The lowest BCUT2D eigenvalue weighted by Gasteiger charge is -2.30. The number of halogens is 2. The zero-order valence-electron chi connectivity index (χ0n) is 10.3. The quantitative estimate of drug-likeness (QED) is 0.929. The summed E-state index contributed by atoms with van der Waals surface area (Å²) in [5.41, 5.74) is 0.962. The molecule has 1 aromatic carbocycles. The SMILES string of the molecule is COc1c(Cl)cc(Cl)cc1CN1CCCC(O)C1. The van der Waals surface area contributed by atoms with E-state index in [-0.39, 0.29) is 6.10 Å². The molecule has 5 heteroatoms. The Kier molecular flexibility index (Phi) is 4.73. The molecule has 100 valence electrons. The van der Waals surface area contributed by atoms with E-state index in [1.807, 2.05) is 6.07 Å². The van der Waals surface area contributed by atoms with Crippen LogP contribution in [0.2, 0.25) is 10.0 Å². The summed E-state index contributed by atoms with van der Waals surface area (Å²) in [6.45, 7) is 2.36. The highest BCUT2D eigenvalue weighted by molar-refractivity contribution is 6.35. The summed E-state index contributed by atoms with van der Waals surface area (Å²) in [5, 5.41) is 10.8. The van der Waals surface area contributed by atoms with E-state index < -0.39 is 0 Å². The number of hydrogen-bond acceptors (Lipinski definition) is 3. The molecule has 1 unspecified atom stereocenters. The van der Waals surface area contributed by atoms with E-state index in [9.17, 15) is 5.11 Å². The molecule has 0 radical (unpaired) electrons. The van der Waals surface area contributed by atoms with E-state index in [1.54, 1.807) is 13.2 Å². The third-order valence-corrected chi connectivity index (χ3v) is 3.66. The largest absolute Gasteiger partial charge is 0.495 e. The van der Waals surface area contributed by atoms with Gasteiger partial charge in [-0.05, 0) is 31.5 Å². The molecule has 1 heterocycles. The predicted octanol–water partition coefficient (Wildman–Crippen LogP) is 2.96. The van der Waals surface area contributed by atoms with Crippen molar-refractivity contribution < 1.29 is 9.84 Å². The summed E-state index contributed by atoms with van der Waals surface area (Å²) >= 11 is 12.1. The molecule has 0 spiro atoms. The van der Waals surface area contributed by atoms with Gasteiger partial charge in [0.1, 0.15) is 5.75 Å². The molecule has 0 aromatic heterocycles. The maximum Gasteiger partial charge on any atom is 0.142 e. The minimum absolute atomic E-state index is 0.237.